The van der Waals surface area contributed by atoms with Crippen molar-refractivity contribution in [1.82, 2.24) is 9.47 Å². The molecule has 0 spiro atoms. The van der Waals surface area contributed by atoms with E-state index in [2.05, 4.69) is 0 Å². The zero-order valence-corrected chi connectivity index (χ0v) is 18.4. The minimum Gasteiger partial charge on any atom is -0.408 e. The fourth-order valence-electron chi connectivity index (χ4n) is 4.14. The first kappa shape index (κ1) is 24.9. The van der Waals surface area contributed by atoms with Gasteiger partial charge in [-0.1, -0.05) is 18.2 Å². The van der Waals surface area contributed by atoms with Crippen molar-refractivity contribution in [3.63, 3.8) is 0 Å². The summed E-state index contributed by atoms with van der Waals surface area (Å²) < 4.78 is 73.9. The second kappa shape index (κ2) is 9.47. The number of alkyl halides is 4. The first-order valence-electron chi connectivity index (χ1n) is 10.6. The van der Waals surface area contributed by atoms with E-state index in [1.165, 1.54) is 10.8 Å². The smallest absolute Gasteiger partial charge is 0.408 e. The van der Waals surface area contributed by atoms with Crippen LogP contribution in [0.2, 0.25) is 0 Å². The van der Waals surface area contributed by atoms with Gasteiger partial charge in [-0.25, -0.2) is 13.6 Å². The molecule has 1 fully saturated rings. The molecule has 0 aliphatic carbocycles. The predicted octanol–water partition coefficient (Wildman–Crippen LogP) is 3.83. The van der Waals surface area contributed by atoms with Gasteiger partial charge in [0.2, 0.25) is 11.8 Å². The van der Waals surface area contributed by atoms with Crippen LogP contribution in [0.15, 0.2) is 48.7 Å². The number of carbonyl (C=O) groups is 3. The Hall–Kier alpha value is -4.16. The number of aromatic nitrogens is 1. The summed E-state index contributed by atoms with van der Waals surface area (Å²) in [6.45, 7) is -0.817. The number of nitrogens with zero attached hydrogens (tertiary/aromatic N) is 2. The molecule has 3 N–H and O–H groups in total. The van der Waals surface area contributed by atoms with Crippen LogP contribution in [0.25, 0.3) is 10.9 Å². The van der Waals surface area contributed by atoms with Crippen molar-refractivity contribution >= 4 is 34.5 Å². The van der Waals surface area contributed by atoms with E-state index in [0.29, 0.717) is 17.0 Å². The number of rotatable bonds is 5. The average Bonchev–Trinajstić information content (AvgIpc) is 3.35. The number of para-hydroxylation sites is 1. The molecule has 1 aliphatic heterocycles. The second-order valence-corrected chi connectivity index (χ2v) is 8.11. The van der Waals surface area contributed by atoms with Crippen LogP contribution in [0.3, 0.4) is 0 Å². The minimum absolute atomic E-state index is 0.0880. The fourth-order valence-corrected chi connectivity index (χ4v) is 4.14. The first-order chi connectivity index (χ1) is 17.0. The number of likely N-dealkylation sites (tertiary alicyclic amines) is 1. The van der Waals surface area contributed by atoms with Crippen molar-refractivity contribution in [1.29, 1.82) is 0 Å². The molecule has 1 aliphatic rings. The van der Waals surface area contributed by atoms with Crippen LogP contribution >= 0.6 is 0 Å². The summed E-state index contributed by atoms with van der Waals surface area (Å²) in [4.78, 5) is 38.0. The third-order valence-corrected chi connectivity index (χ3v) is 5.70. The number of hydrogen-bond acceptors (Lipinski definition) is 4. The highest BCUT2D eigenvalue weighted by atomic mass is 19.4. The molecular formula is C23H19F5N4O4. The van der Waals surface area contributed by atoms with Crippen molar-refractivity contribution in [3.05, 3.63) is 60.0 Å². The quantitative estimate of drug-likeness (QED) is 0.509. The van der Waals surface area contributed by atoms with Gasteiger partial charge in [-0.15, -0.1) is 0 Å². The molecule has 1 aromatic heterocycles. The summed E-state index contributed by atoms with van der Waals surface area (Å²) in [5.41, 5.74) is 3.26. The van der Waals surface area contributed by atoms with E-state index in [4.69, 9.17) is 10.5 Å². The number of fused-ring (bicyclic) bond motifs is 1. The highest BCUT2D eigenvalue weighted by molar-refractivity contribution is 5.98. The van der Waals surface area contributed by atoms with Gasteiger partial charge in [0.25, 0.3) is 0 Å². The van der Waals surface area contributed by atoms with Crippen LogP contribution in [-0.2, 0) is 22.3 Å². The van der Waals surface area contributed by atoms with Crippen LogP contribution in [0.5, 0.6) is 5.75 Å². The lowest BCUT2D eigenvalue weighted by molar-refractivity contribution is -0.140. The van der Waals surface area contributed by atoms with Crippen molar-refractivity contribution in [3.8, 4) is 5.75 Å². The summed E-state index contributed by atoms with van der Waals surface area (Å²) >= 11 is 0. The van der Waals surface area contributed by atoms with E-state index < -0.39 is 66.3 Å². The SMILES string of the molecule is NC(=O)Oc1cn(CC(=O)N2C[C@H](F)C[C@H]2C(=O)Nc2cccc(C(F)(F)F)c2F)c2ccccc12. The van der Waals surface area contributed by atoms with Gasteiger partial charge in [-0.05, 0) is 24.3 Å². The third-order valence-electron chi connectivity index (χ3n) is 5.70. The highest BCUT2D eigenvalue weighted by Gasteiger charge is 2.41. The molecule has 190 valence electrons. The maximum Gasteiger partial charge on any atom is 0.419 e. The third kappa shape index (κ3) is 4.95. The van der Waals surface area contributed by atoms with Gasteiger partial charge in [0.15, 0.2) is 11.6 Å². The van der Waals surface area contributed by atoms with E-state index >= 15 is 0 Å². The van der Waals surface area contributed by atoms with Crippen LogP contribution < -0.4 is 15.8 Å². The summed E-state index contributed by atoms with van der Waals surface area (Å²) in [7, 11) is 0. The summed E-state index contributed by atoms with van der Waals surface area (Å²) in [5.74, 6) is -3.32. The Morgan fingerprint density at radius 2 is 1.83 bits per heavy atom. The van der Waals surface area contributed by atoms with E-state index in [0.717, 1.165) is 17.0 Å². The van der Waals surface area contributed by atoms with Crippen LogP contribution in [0, 0.1) is 5.82 Å². The lowest BCUT2D eigenvalue weighted by atomic mass is 10.1. The Morgan fingerprint density at radius 3 is 2.53 bits per heavy atom. The number of anilines is 1. The molecule has 0 unspecified atom stereocenters. The molecule has 36 heavy (non-hydrogen) atoms. The summed E-state index contributed by atoms with van der Waals surface area (Å²) in [5, 5.41) is 2.51. The number of carbonyl (C=O) groups excluding carboxylic acids is 3. The minimum atomic E-state index is -4.99. The maximum absolute atomic E-state index is 14.3. The van der Waals surface area contributed by atoms with Crippen molar-refractivity contribution in [2.24, 2.45) is 5.73 Å². The number of hydrogen-bond donors (Lipinski definition) is 2. The zero-order valence-electron chi connectivity index (χ0n) is 18.4. The zero-order chi connectivity index (χ0) is 26.2. The number of benzene rings is 2. The molecule has 13 heteroatoms. The van der Waals surface area contributed by atoms with Crippen LogP contribution in [-0.4, -0.2) is 46.1 Å². The Kier molecular flexibility index (Phi) is 6.57. The van der Waals surface area contributed by atoms with Crippen LogP contribution in [0.1, 0.15) is 12.0 Å². The van der Waals surface area contributed by atoms with Gasteiger partial charge in [0.05, 0.1) is 23.3 Å². The van der Waals surface area contributed by atoms with Gasteiger partial charge in [-0.3, -0.25) is 9.59 Å². The maximum atomic E-state index is 14.3. The Labute approximate surface area is 200 Å². The van der Waals surface area contributed by atoms with Gasteiger partial charge in [-0.2, -0.15) is 13.2 Å². The Morgan fingerprint density at radius 1 is 1.11 bits per heavy atom. The summed E-state index contributed by atoms with van der Waals surface area (Å²) in [6, 6.07) is 7.59. The molecule has 0 bridgehead atoms. The summed E-state index contributed by atoms with van der Waals surface area (Å²) in [6.07, 6.45) is -6.70. The first-order valence-corrected chi connectivity index (χ1v) is 10.6. The number of nitrogens with two attached hydrogens (primary N) is 1. The van der Waals surface area contributed by atoms with Gasteiger partial charge >= 0.3 is 12.3 Å². The van der Waals surface area contributed by atoms with Gasteiger partial charge < -0.3 is 25.3 Å². The highest BCUT2D eigenvalue weighted by Crippen LogP contribution is 2.34. The van der Waals surface area contributed by atoms with E-state index in [1.54, 1.807) is 24.3 Å². The Bertz CT molecular complexity index is 1340. The van der Waals surface area contributed by atoms with Crippen molar-refractivity contribution in [2.75, 3.05) is 11.9 Å². The average molecular weight is 510 g/mol. The molecular weight excluding hydrogens is 491 g/mol. The van der Waals surface area contributed by atoms with Gasteiger partial charge in [0.1, 0.15) is 18.8 Å². The molecule has 2 aromatic carbocycles. The number of primary amides is 1. The van der Waals surface area contributed by atoms with Crippen molar-refractivity contribution < 1.29 is 41.1 Å². The molecule has 0 saturated carbocycles. The fraction of sp³-hybridized carbons (Fsp3) is 0.261. The molecule has 8 nitrogen and oxygen atoms in total. The second-order valence-electron chi connectivity index (χ2n) is 8.11. The monoisotopic (exact) mass is 510 g/mol. The van der Waals surface area contributed by atoms with Crippen LogP contribution in [0.4, 0.5) is 32.4 Å². The van der Waals surface area contributed by atoms with E-state index in [-0.39, 0.29) is 12.3 Å². The van der Waals surface area contributed by atoms with Crippen molar-refractivity contribution in [2.45, 2.75) is 31.4 Å². The number of nitrogens with one attached hydrogen (secondary N) is 1. The van der Waals surface area contributed by atoms with E-state index in [1.807, 2.05) is 5.32 Å². The predicted molar refractivity (Wildman–Crippen MR) is 117 cm³/mol. The molecule has 3 amide bonds. The molecule has 1 saturated heterocycles. The topological polar surface area (TPSA) is 107 Å². The number of ether oxygens (including phenoxy) is 1. The van der Waals surface area contributed by atoms with Gasteiger partial charge in [0, 0.05) is 18.0 Å². The lowest BCUT2D eigenvalue weighted by Gasteiger charge is -2.24. The lowest BCUT2D eigenvalue weighted by Crippen LogP contribution is -2.44. The largest absolute Gasteiger partial charge is 0.419 e. The molecule has 4 rings (SSSR count). The normalized spacial score (nSPS) is 17.9. The molecule has 3 aromatic rings. The number of halogens is 5. The standard InChI is InChI=1S/C23H19F5N4O4/c24-12-8-17(21(34)30-15-6-3-5-14(20(15)25)23(26,27)28)32(9-12)19(33)11-31-10-18(36-22(29)35)13-4-1-2-7-16(13)31/h1-7,10,12,17H,8-9,11H2,(H2,29,35)(H,30,34)/t12-,17+/m1/s1. The molecule has 2 atom stereocenters. The molecule has 0 radical (unpaired) electrons. The number of amides is 3. The van der Waals surface area contributed by atoms with E-state index in [9.17, 15) is 36.3 Å². The Balaban J connectivity index is 1.55. The molecule has 2 heterocycles.